The van der Waals surface area contributed by atoms with E-state index in [9.17, 15) is 0 Å². The van der Waals surface area contributed by atoms with Gasteiger partial charge in [-0.1, -0.05) is 156 Å². The Morgan fingerprint density at radius 3 is 1.91 bits per heavy atom. The smallest absolute Gasteiger partial charge is 0.212 e. The molecular weight excluding hydrogens is 982 g/mol. The number of benzene rings is 3. The maximum atomic E-state index is 8.43. The van der Waals surface area contributed by atoms with E-state index >= 15 is 0 Å². The molecule has 0 saturated heterocycles. The molecule has 0 aliphatic rings. The fraction of sp³-hybridized carbons (Fsp3) is 0.388. The third-order valence-corrected chi connectivity index (χ3v) is 9.04. The predicted octanol–water partition coefficient (Wildman–Crippen LogP) is 15.0. The van der Waals surface area contributed by atoms with E-state index in [-0.39, 0.29) is 5.37 Å². The molecule has 0 heterocycles. The molecule has 0 fully saturated rings. The summed E-state index contributed by atoms with van der Waals surface area (Å²) >= 11 is 3.48. The van der Waals surface area contributed by atoms with Crippen molar-refractivity contribution in [2.24, 2.45) is 0 Å². The Labute approximate surface area is 352 Å². The zero-order valence-corrected chi connectivity index (χ0v) is 40.8. The number of nitriles is 2. The number of thioether (sulfide) groups is 2. The van der Waals surface area contributed by atoms with Crippen molar-refractivity contribution >= 4 is 23.5 Å². The fourth-order valence-electron chi connectivity index (χ4n) is 4.80. The molecule has 0 aliphatic heterocycles. The minimum atomic E-state index is -0.0324. The number of hydroxylamine groups is 1. The number of hydrogen-bond donors (Lipinski definition) is 1. The van der Waals surface area contributed by atoms with E-state index in [0.717, 1.165) is 24.2 Å². The summed E-state index contributed by atoms with van der Waals surface area (Å²) in [4.78, 5) is 5.10. The Morgan fingerprint density at radius 2 is 1.47 bits per heavy atom. The molecule has 8 heteroatoms. The second kappa shape index (κ2) is 40.1. The van der Waals surface area contributed by atoms with Crippen LogP contribution in [0.1, 0.15) is 95.5 Å². The van der Waals surface area contributed by atoms with E-state index in [1.54, 1.807) is 30.2 Å². The Bertz CT molecular complexity index is 1600. The van der Waals surface area contributed by atoms with E-state index in [4.69, 9.17) is 15.4 Å². The van der Waals surface area contributed by atoms with Gasteiger partial charge in [-0.2, -0.15) is 34.3 Å². The van der Waals surface area contributed by atoms with Crippen molar-refractivity contribution in [1.82, 2.24) is 5.48 Å². The summed E-state index contributed by atoms with van der Waals surface area (Å²) in [6.07, 6.45) is 18.8. The number of rotatable bonds is 16. The molecule has 3 aromatic rings. The summed E-state index contributed by atoms with van der Waals surface area (Å²) < 4.78 is 0. The molecule has 5 nitrogen and oxygen atoms in total. The zero-order chi connectivity index (χ0) is 43.1. The first kappa shape index (κ1) is 58.2. The van der Waals surface area contributed by atoms with Crippen molar-refractivity contribution in [3.05, 3.63) is 156 Å². The normalized spacial score (nSPS) is 9.74. The van der Waals surface area contributed by atoms with Gasteiger partial charge >= 0.3 is 0 Å². The minimum Gasteiger partial charge on any atom is -0.494 e. The van der Waals surface area contributed by atoms with E-state index in [2.05, 4.69) is 120 Å². The Hall–Kier alpha value is -5.56. The van der Waals surface area contributed by atoms with Gasteiger partial charge in [0.1, 0.15) is 0 Å². The molecule has 0 spiro atoms. The summed E-state index contributed by atoms with van der Waals surface area (Å²) in [6, 6.07) is 21.1. The average Bonchev–Trinajstić information content (AvgIpc) is 3.19. The van der Waals surface area contributed by atoms with Crippen molar-refractivity contribution in [3.8, 4) is 29.3 Å². The van der Waals surface area contributed by atoms with Crippen LogP contribution in [0, 0.1) is 43.7 Å². The largest absolute Gasteiger partial charge is 0.494 e. The second-order valence-electron chi connectivity index (χ2n) is 12.1. The van der Waals surface area contributed by atoms with Crippen molar-refractivity contribution in [1.29, 1.82) is 10.5 Å². The number of allylic oxidation sites excluding steroid dienone is 5. The standard InChI is InChI=1S/C18H24.C16H16N2O.C7H11N2S.C3H8S.C3H6.C2H6.Fm/c1-5-9-17(6-2)10-7-8-11-18-13-15(3)12-16(4)14-18;1-3-13-10-15(19-18-11-17)8-9-16(13)14-6-4-12(2)5-7-14;1-4-10-7(6(2)3)9-5-8;1-3-4-2;1-3-2;1-2;/h5-6,9,12-14H,1-2,7-8,10-11H2,3-4H3;4-10,18H,3H2,1-2H3;7H,2,4H2,1,3H3;3H2,1-2H3;3H,1H2,2H3;1-2H3;/q;;-1;;;;/b17-9+;;;;;;. The quantitative estimate of drug-likeness (QED) is 0.0384. The maximum Gasteiger partial charge on any atom is 0.212 e. The number of nitrogens with zero attached hydrogens (tertiary/aromatic N) is 3. The Kier molecular flexibility index (Phi) is 40.9. The van der Waals surface area contributed by atoms with Crippen LogP contribution in [0.5, 0.6) is 5.75 Å². The molecule has 57 heavy (non-hydrogen) atoms. The van der Waals surface area contributed by atoms with Crippen LogP contribution in [0.2, 0.25) is 0 Å². The van der Waals surface area contributed by atoms with Gasteiger partial charge in [-0.25, -0.2) is 0 Å². The second-order valence-corrected chi connectivity index (χ2v) is 14.6. The van der Waals surface area contributed by atoms with Gasteiger partial charge in [0, 0.05) is 5.37 Å². The van der Waals surface area contributed by atoms with Gasteiger partial charge in [-0.15, -0.1) is 6.58 Å². The molecule has 0 aliphatic carbocycles. The monoisotopic (exact) mass is 1050 g/mol. The molecule has 0 radical (unpaired) electrons. The van der Waals surface area contributed by atoms with Crippen LogP contribution < -0.4 is 10.3 Å². The summed E-state index contributed by atoms with van der Waals surface area (Å²) in [6.45, 7) is 35.1. The van der Waals surface area contributed by atoms with Gasteiger partial charge < -0.3 is 15.4 Å². The molecule has 0 aromatic heterocycles. The predicted molar refractivity (Wildman–Crippen MR) is 254 cm³/mol. The molecule has 3 aromatic carbocycles. The average molecular weight is 1050 g/mol. The zero-order valence-electron chi connectivity index (χ0n) is 36.8. The van der Waals surface area contributed by atoms with Gasteiger partial charge in [0.25, 0.3) is 0 Å². The molecule has 1 N–H and O–H groups in total. The molecule has 3 rings (SSSR count). The Morgan fingerprint density at radius 1 is 0.895 bits per heavy atom. The number of hydrogen-bond acceptors (Lipinski definition) is 6. The topological polar surface area (TPSA) is 82.9 Å². The summed E-state index contributed by atoms with van der Waals surface area (Å²) in [5.41, 5.74) is 13.4. The van der Waals surface area contributed by atoms with Crippen LogP contribution in [-0.2, 0) is 12.8 Å². The summed E-state index contributed by atoms with van der Waals surface area (Å²) in [5.74, 6) is 2.84. The maximum absolute atomic E-state index is 8.43. The van der Waals surface area contributed by atoms with Gasteiger partial charge in [0.15, 0.2) is 5.75 Å². The number of aryl methyl sites for hydroxylation is 5. The first-order chi connectivity index (χ1) is 26.9. The minimum absolute atomic E-state index is 0. The third-order valence-electron chi connectivity index (χ3n) is 7.30. The Balaban J connectivity index is -0.000000342. The number of nitrogens with one attached hydrogen (secondary N) is 1. The van der Waals surface area contributed by atoms with Crippen LogP contribution in [0.25, 0.3) is 16.4 Å². The first-order valence-electron chi connectivity index (χ1n) is 19.4. The van der Waals surface area contributed by atoms with Crippen molar-refractivity contribution in [2.75, 3.05) is 17.8 Å². The summed E-state index contributed by atoms with van der Waals surface area (Å²) in [5, 5.41) is 20.3. The van der Waals surface area contributed by atoms with Gasteiger partial charge in [-0.3, -0.25) is 0 Å². The molecular formula is C49H71FmN4OS2-. The molecule has 0 bridgehead atoms. The van der Waals surface area contributed by atoms with E-state index in [0.29, 0.717) is 5.75 Å². The third kappa shape index (κ3) is 30.4. The van der Waals surface area contributed by atoms with Crippen LogP contribution >= 0.6 is 23.5 Å². The number of unbranched alkanes of at least 4 members (excludes halogenated alkanes) is 1. The molecule has 1 unspecified atom stereocenters. The van der Waals surface area contributed by atoms with Crippen LogP contribution in [0.15, 0.2) is 122 Å². The van der Waals surface area contributed by atoms with Crippen LogP contribution in [-0.4, -0.2) is 23.1 Å². The van der Waals surface area contributed by atoms with Gasteiger partial charge in [0.2, 0.25) is 6.19 Å². The van der Waals surface area contributed by atoms with Crippen LogP contribution in [0.3, 0.4) is 0 Å². The van der Waals surface area contributed by atoms with Crippen molar-refractivity contribution in [2.45, 2.75) is 107 Å². The molecule has 318 valence electrons. The molecule has 1 atom stereocenters. The fourth-order valence-corrected chi connectivity index (χ4v) is 5.52. The van der Waals surface area contributed by atoms with E-state index in [1.165, 1.54) is 69.5 Å². The SMILES string of the molecule is C=C(C)C([N-]C#N)SCC.C=C/C=C(\C=C)CCCCc1cc(C)cc(C)c1.C=CC.CC.CCSC.CCc1cc(ONC#N)ccc1-c1ccc(C)cc1.[Fm]. The molecule has 0 saturated carbocycles. The van der Waals surface area contributed by atoms with Crippen molar-refractivity contribution in [3.63, 3.8) is 0 Å². The van der Waals surface area contributed by atoms with Gasteiger partial charge in [0.05, 0.1) is 0 Å². The first-order valence-corrected chi connectivity index (χ1v) is 21.8. The summed E-state index contributed by atoms with van der Waals surface area (Å²) in [7, 11) is 0. The van der Waals surface area contributed by atoms with Crippen molar-refractivity contribution < 1.29 is 4.84 Å². The van der Waals surface area contributed by atoms with E-state index in [1.807, 2.05) is 82.8 Å². The van der Waals surface area contributed by atoms with E-state index < -0.39 is 0 Å². The van der Waals surface area contributed by atoms with Crippen LogP contribution in [0.4, 0.5) is 0 Å². The molecule has 0 amide bonds. The van der Waals surface area contributed by atoms with Gasteiger partial charge in [-0.05, 0) is 124 Å².